The van der Waals surface area contributed by atoms with E-state index in [0.29, 0.717) is 17.7 Å². The summed E-state index contributed by atoms with van der Waals surface area (Å²) in [7, 11) is -2.82. The summed E-state index contributed by atoms with van der Waals surface area (Å²) in [5.41, 5.74) is 0.314. The first kappa shape index (κ1) is 15.9. The second-order valence-electron chi connectivity index (χ2n) is 5.57. The first-order valence-corrected chi connectivity index (χ1v) is 8.00. The third-order valence-electron chi connectivity index (χ3n) is 2.45. The van der Waals surface area contributed by atoms with Gasteiger partial charge in [-0.1, -0.05) is 34.1 Å². The van der Waals surface area contributed by atoms with E-state index in [9.17, 15) is 8.42 Å². The Bertz CT molecular complexity index is 265. The van der Waals surface area contributed by atoms with Crippen molar-refractivity contribution in [3.63, 3.8) is 0 Å². The van der Waals surface area contributed by atoms with E-state index in [1.54, 1.807) is 0 Å². The number of rotatable bonds is 8. The highest BCUT2D eigenvalue weighted by molar-refractivity contribution is 7.91. The fraction of sp³-hybridized carbons (Fsp3) is 1.00. The topological polar surface area (TPSA) is 46.2 Å². The van der Waals surface area contributed by atoms with E-state index < -0.39 is 9.84 Å². The van der Waals surface area contributed by atoms with E-state index >= 15 is 0 Å². The minimum Gasteiger partial charge on any atom is -0.316 e. The smallest absolute Gasteiger partial charge is 0.151 e. The van der Waals surface area contributed by atoms with Crippen molar-refractivity contribution in [3.8, 4) is 0 Å². The van der Waals surface area contributed by atoms with Gasteiger partial charge in [0, 0.05) is 6.54 Å². The average molecular weight is 249 g/mol. The predicted molar refractivity (Wildman–Crippen MR) is 70.5 cm³/mol. The maximum atomic E-state index is 11.5. The molecule has 0 aliphatic carbocycles. The van der Waals surface area contributed by atoms with Gasteiger partial charge < -0.3 is 5.32 Å². The second-order valence-corrected chi connectivity index (χ2v) is 7.87. The van der Waals surface area contributed by atoms with Crippen molar-refractivity contribution >= 4 is 9.84 Å². The average Bonchev–Trinajstić information content (AvgIpc) is 2.12. The van der Waals surface area contributed by atoms with E-state index in [4.69, 9.17) is 0 Å². The fourth-order valence-electron chi connectivity index (χ4n) is 1.28. The SMILES string of the molecule is CCCCS(=O)(=O)CCNCCC(C)(C)C. The van der Waals surface area contributed by atoms with Gasteiger partial charge in [0.2, 0.25) is 0 Å². The minimum absolute atomic E-state index is 0.275. The molecule has 16 heavy (non-hydrogen) atoms. The molecular formula is C12H27NO2S. The molecule has 98 valence electrons. The van der Waals surface area contributed by atoms with Crippen LogP contribution in [0.3, 0.4) is 0 Å². The summed E-state index contributed by atoms with van der Waals surface area (Å²) in [6.07, 6.45) is 2.79. The summed E-state index contributed by atoms with van der Waals surface area (Å²) in [4.78, 5) is 0. The van der Waals surface area contributed by atoms with Gasteiger partial charge in [0.05, 0.1) is 11.5 Å². The quantitative estimate of drug-likeness (QED) is 0.671. The lowest BCUT2D eigenvalue weighted by molar-refractivity contribution is 0.369. The number of nitrogens with one attached hydrogen (secondary N) is 1. The molecule has 0 aliphatic rings. The molecule has 0 fully saturated rings. The molecule has 0 rings (SSSR count). The largest absolute Gasteiger partial charge is 0.316 e. The molecule has 0 unspecified atom stereocenters. The second kappa shape index (κ2) is 7.28. The fourth-order valence-corrected chi connectivity index (χ4v) is 2.67. The summed E-state index contributed by atoms with van der Waals surface area (Å²) in [6, 6.07) is 0. The van der Waals surface area contributed by atoms with Crippen molar-refractivity contribution in [2.24, 2.45) is 5.41 Å². The van der Waals surface area contributed by atoms with Gasteiger partial charge in [-0.2, -0.15) is 0 Å². The summed E-state index contributed by atoms with van der Waals surface area (Å²) < 4.78 is 23.0. The lowest BCUT2D eigenvalue weighted by Gasteiger charge is -2.18. The number of unbranched alkanes of at least 4 members (excludes halogenated alkanes) is 1. The van der Waals surface area contributed by atoms with Crippen molar-refractivity contribution in [1.82, 2.24) is 5.32 Å². The minimum atomic E-state index is -2.82. The summed E-state index contributed by atoms with van der Waals surface area (Å²) in [6.45, 7) is 10.1. The molecule has 0 amide bonds. The Morgan fingerprint density at radius 3 is 2.19 bits per heavy atom. The van der Waals surface area contributed by atoms with Crippen LogP contribution in [0.2, 0.25) is 0 Å². The maximum Gasteiger partial charge on any atom is 0.151 e. The molecular weight excluding hydrogens is 222 g/mol. The highest BCUT2D eigenvalue weighted by atomic mass is 32.2. The molecule has 0 aromatic rings. The first-order valence-electron chi connectivity index (χ1n) is 6.18. The lowest BCUT2D eigenvalue weighted by atomic mass is 9.92. The van der Waals surface area contributed by atoms with Gasteiger partial charge in [-0.05, 0) is 24.8 Å². The molecule has 0 heterocycles. The normalized spacial score (nSPS) is 13.0. The Morgan fingerprint density at radius 1 is 1.06 bits per heavy atom. The van der Waals surface area contributed by atoms with Gasteiger partial charge in [0.15, 0.2) is 9.84 Å². The van der Waals surface area contributed by atoms with Crippen LogP contribution in [0.25, 0.3) is 0 Å². The highest BCUT2D eigenvalue weighted by Gasteiger charge is 2.11. The zero-order valence-electron chi connectivity index (χ0n) is 11.2. The van der Waals surface area contributed by atoms with Crippen LogP contribution < -0.4 is 5.32 Å². The molecule has 0 saturated heterocycles. The molecule has 0 bridgehead atoms. The number of sulfone groups is 1. The summed E-state index contributed by atoms with van der Waals surface area (Å²) in [5.74, 6) is 0.613. The van der Waals surface area contributed by atoms with Crippen molar-refractivity contribution in [1.29, 1.82) is 0 Å². The molecule has 4 heteroatoms. The van der Waals surface area contributed by atoms with Crippen LogP contribution in [-0.4, -0.2) is 33.0 Å². The Hall–Kier alpha value is -0.0900. The Balaban J connectivity index is 3.58. The number of hydrogen-bond donors (Lipinski definition) is 1. The molecule has 1 N–H and O–H groups in total. The molecule has 0 spiro atoms. The molecule has 3 nitrogen and oxygen atoms in total. The van der Waals surface area contributed by atoms with Crippen molar-refractivity contribution in [3.05, 3.63) is 0 Å². The summed E-state index contributed by atoms with van der Waals surface area (Å²) >= 11 is 0. The third kappa shape index (κ3) is 10.4. The molecule has 0 aromatic heterocycles. The van der Waals surface area contributed by atoms with E-state index in [-0.39, 0.29) is 5.75 Å². The Kier molecular flexibility index (Phi) is 7.24. The zero-order chi connectivity index (χ0) is 12.7. The van der Waals surface area contributed by atoms with E-state index in [0.717, 1.165) is 25.8 Å². The van der Waals surface area contributed by atoms with Crippen molar-refractivity contribution < 1.29 is 8.42 Å². The van der Waals surface area contributed by atoms with E-state index in [1.807, 2.05) is 6.92 Å². The van der Waals surface area contributed by atoms with Gasteiger partial charge in [0.1, 0.15) is 0 Å². The van der Waals surface area contributed by atoms with Crippen LogP contribution in [0, 0.1) is 5.41 Å². The van der Waals surface area contributed by atoms with Crippen LogP contribution >= 0.6 is 0 Å². The van der Waals surface area contributed by atoms with Gasteiger partial charge in [0.25, 0.3) is 0 Å². The van der Waals surface area contributed by atoms with E-state index in [1.165, 1.54) is 0 Å². The van der Waals surface area contributed by atoms with Crippen molar-refractivity contribution in [2.75, 3.05) is 24.6 Å². The van der Waals surface area contributed by atoms with Crippen LogP contribution in [0.15, 0.2) is 0 Å². The molecule has 0 aromatic carbocycles. The first-order chi connectivity index (χ1) is 7.27. The molecule has 0 atom stereocenters. The third-order valence-corrected chi connectivity index (χ3v) is 4.19. The van der Waals surface area contributed by atoms with Gasteiger partial charge in [-0.15, -0.1) is 0 Å². The van der Waals surface area contributed by atoms with Crippen molar-refractivity contribution in [2.45, 2.75) is 47.0 Å². The molecule has 0 saturated carbocycles. The molecule has 0 aliphatic heterocycles. The van der Waals surface area contributed by atoms with Crippen LogP contribution in [0.4, 0.5) is 0 Å². The highest BCUT2D eigenvalue weighted by Crippen LogP contribution is 2.16. The van der Waals surface area contributed by atoms with Crippen LogP contribution in [-0.2, 0) is 9.84 Å². The monoisotopic (exact) mass is 249 g/mol. The number of hydrogen-bond acceptors (Lipinski definition) is 3. The summed E-state index contributed by atoms with van der Waals surface area (Å²) in [5, 5.41) is 3.20. The molecule has 0 radical (unpaired) electrons. The van der Waals surface area contributed by atoms with Gasteiger partial charge >= 0.3 is 0 Å². The van der Waals surface area contributed by atoms with Gasteiger partial charge in [-0.25, -0.2) is 8.42 Å². The zero-order valence-corrected chi connectivity index (χ0v) is 12.0. The predicted octanol–water partition coefficient (Wildman–Crippen LogP) is 2.23. The Labute approximate surface area is 101 Å². The van der Waals surface area contributed by atoms with Crippen LogP contribution in [0.5, 0.6) is 0 Å². The lowest BCUT2D eigenvalue weighted by Crippen LogP contribution is -2.27. The van der Waals surface area contributed by atoms with E-state index in [2.05, 4.69) is 26.1 Å². The van der Waals surface area contributed by atoms with Crippen LogP contribution in [0.1, 0.15) is 47.0 Å². The maximum absolute atomic E-state index is 11.5. The Morgan fingerprint density at radius 2 is 1.69 bits per heavy atom. The standard InChI is InChI=1S/C12H27NO2S/c1-5-6-10-16(14,15)11-9-13-8-7-12(2,3)4/h13H,5-11H2,1-4H3. The van der Waals surface area contributed by atoms with Gasteiger partial charge in [-0.3, -0.25) is 0 Å².